The summed E-state index contributed by atoms with van der Waals surface area (Å²) in [5, 5.41) is 6.73. The first-order valence-corrected chi connectivity index (χ1v) is 8.53. The topological polar surface area (TPSA) is 58.1 Å². The van der Waals surface area contributed by atoms with Gasteiger partial charge in [0.15, 0.2) is 5.96 Å². The van der Waals surface area contributed by atoms with E-state index in [9.17, 15) is 0 Å². The van der Waals surface area contributed by atoms with Gasteiger partial charge in [0.25, 0.3) is 0 Å². The zero-order chi connectivity index (χ0) is 17.6. The molecule has 6 heteroatoms. The Bertz CT molecular complexity index is 461. The van der Waals surface area contributed by atoms with Gasteiger partial charge in [-0.2, -0.15) is 0 Å². The standard InChI is InChI=1S/C18H32N4O2/c1-5-24-14-6-11-19-18(20-12-13-22(2)3)21-15-16-7-9-17(23-4)10-8-16/h7-10H,5-6,11-15H2,1-4H3,(H2,19,20,21). The van der Waals surface area contributed by atoms with Crippen LogP contribution in [0.15, 0.2) is 29.3 Å². The highest BCUT2D eigenvalue weighted by molar-refractivity contribution is 5.79. The van der Waals surface area contributed by atoms with Crippen LogP contribution >= 0.6 is 0 Å². The van der Waals surface area contributed by atoms with Crippen LogP contribution in [0.1, 0.15) is 18.9 Å². The van der Waals surface area contributed by atoms with E-state index in [-0.39, 0.29) is 0 Å². The van der Waals surface area contributed by atoms with Gasteiger partial charge in [0.05, 0.1) is 13.7 Å². The summed E-state index contributed by atoms with van der Waals surface area (Å²) in [6, 6.07) is 7.99. The molecule has 0 aromatic heterocycles. The largest absolute Gasteiger partial charge is 0.497 e. The van der Waals surface area contributed by atoms with Crippen LogP contribution in [0.5, 0.6) is 5.75 Å². The lowest BCUT2D eigenvalue weighted by molar-refractivity contribution is 0.145. The number of ether oxygens (including phenoxy) is 2. The quantitative estimate of drug-likeness (QED) is 0.366. The minimum atomic E-state index is 0.632. The van der Waals surface area contributed by atoms with Gasteiger partial charge in [-0.3, -0.25) is 0 Å². The number of hydrogen-bond donors (Lipinski definition) is 2. The minimum absolute atomic E-state index is 0.632. The summed E-state index contributed by atoms with van der Waals surface area (Å²) >= 11 is 0. The Morgan fingerprint density at radius 1 is 1.12 bits per heavy atom. The number of likely N-dealkylation sites (N-methyl/N-ethyl adjacent to an activating group) is 1. The molecule has 0 amide bonds. The summed E-state index contributed by atoms with van der Waals surface area (Å²) in [4.78, 5) is 6.80. The van der Waals surface area contributed by atoms with Gasteiger partial charge in [-0.15, -0.1) is 0 Å². The molecular weight excluding hydrogens is 304 g/mol. The highest BCUT2D eigenvalue weighted by Crippen LogP contribution is 2.11. The van der Waals surface area contributed by atoms with Crippen LogP contribution in [0.2, 0.25) is 0 Å². The van der Waals surface area contributed by atoms with Gasteiger partial charge < -0.3 is 25.0 Å². The van der Waals surface area contributed by atoms with E-state index >= 15 is 0 Å². The average molecular weight is 336 g/mol. The van der Waals surface area contributed by atoms with Crippen LogP contribution in [0, 0.1) is 0 Å². The molecule has 0 aliphatic heterocycles. The first-order chi connectivity index (χ1) is 11.7. The zero-order valence-corrected chi connectivity index (χ0v) is 15.5. The Labute approximate surface area is 146 Å². The molecule has 6 nitrogen and oxygen atoms in total. The van der Waals surface area contributed by atoms with Crippen molar-refractivity contribution in [3.8, 4) is 5.75 Å². The van der Waals surface area contributed by atoms with Crippen molar-refractivity contribution in [3.63, 3.8) is 0 Å². The molecule has 24 heavy (non-hydrogen) atoms. The second-order valence-electron chi connectivity index (χ2n) is 5.72. The van der Waals surface area contributed by atoms with Crippen LogP contribution in [-0.4, -0.2) is 64.9 Å². The molecule has 0 aliphatic rings. The zero-order valence-electron chi connectivity index (χ0n) is 15.5. The Morgan fingerprint density at radius 3 is 2.46 bits per heavy atom. The van der Waals surface area contributed by atoms with Gasteiger partial charge in [0.1, 0.15) is 5.75 Å². The van der Waals surface area contributed by atoms with E-state index < -0.39 is 0 Å². The van der Waals surface area contributed by atoms with Crippen LogP contribution < -0.4 is 15.4 Å². The molecule has 0 spiro atoms. The van der Waals surface area contributed by atoms with Crippen LogP contribution in [0.25, 0.3) is 0 Å². The van der Waals surface area contributed by atoms with Crippen molar-refractivity contribution < 1.29 is 9.47 Å². The van der Waals surface area contributed by atoms with E-state index in [2.05, 4.69) is 34.6 Å². The maximum absolute atomic E-state index is 5.36. The lowest BCUT2D eigenvalue weighted by Crippen LogP contribution is -2.41. The Morgan fingerprint density at radius 2 is 1.83 bits per heavy atom. The van der Waals surface area contributed by atoms with E-state index in [1.807, 2.05) is 31.2 Å². The molecule has 0 bridgehead atoms. The van der Waals surface area contributed by atoms with Crippen LogP contribution in [0.4, 0.5) is 0 Å². The molecule has 0 saturated carbocycles. The first-order valence-electron chi connectivity index (χ1n) is 8.53. The van der Waals surface area contributed by atoms with Crippen molar-refractivity contribution in [2.75, 3.05) is 54.1 Å². The van der Waals surface area contributed by atoms with Crippen LogP contribution in [-0.2, 0) is 11.3 Å². The maximum atomic E-state index is 5.36. The monoisotopic (exact) mass is 336 g/mol. The third kappa shape index (κ3) is 9.37. The molecule has 136 valence electrons. The Kier molecular flexibility index (Phi) is 10.6. The van der Waals surface area contributed by atoms with Crippen molar-refractivity contribution in [1.29, 1.82) is 0 Å². The van der Waals surface area contributed by atoms with E-state index in [0.29, 0.717) is 6.54 Å². The Balaban J connectivity index is 2.49. The fourth-order valence-corrected chi connectivity index (χ4v) is 2.00. The summed E-state index contributed by atoms with van der Waals surface area (Å²) in [7, 11) is 5.79. The summed E-state index contributed by atoms with van der Waals surface area (Å²) < 4.78 is 10.5. The summed E-state index contributed by atoms with van der Waals surface area (Å²) in [5.74, 6) is 1.70. The number of nitrogens with zero attached hydrogens (tertiary/aromatic N) is 2. The van der Waals surface area contributed by atoms with Gasteiger partial charge in [0, 0.05) is 32.8 Å². The molecule has 1 aromatic rings. The van der Waals surface area contributed by atoms with E-state index in [0.717, 1.165) is 56.5 Å². The first kappa shape index (κ1) is 20.3. The van der Waals surface area contributed by atoms with Crippen molar-refractivity contribution >= 4 is 5.96 Å². The summed E-state index contributed by atoms with van der Waals surface area (Å²) in [6.45, 7) is 6.84. The molecule has 1 aromatic carbocycles. The van der Waals surface area contributed by atoms with Gasteiger partial charge in [0.2, 0.25) is 0 Å². The molecule has 0 unspecified atom stereocenters. The van der Waals surface area contributed by atoms with Crippen molar-refractivity contribution in [2.24, 2.45) is 4.99 Å². The highest BCUT2D eigenvalue weighted by atomic mass is 16.5. The second-order valence-corrected chi connectivity index (χ2v) is 5.72. The van der Waals surface area contributed by atoms with Gasteiger partial charge >= 0.3 is 0 Å². The van der Waals surface area contributed by atoms with E-state index in [1.54, 1.807) is 7.11 Å². The molecule has 0 saturated heterocycles. The normalized spacial score (nSPS) is 11.6. The molecule has 0 fully saturated rings. The van der Waals surface area contributed by atoms with Gasteiger partial charge in [-0.25, -0.2) is 4.99 Å². The molecule has 0 atom stereocenters. The third-order valence-electron chi connectivity index (χ3n) is 3.39. The van der Waals surface area contributed by atoms with Crippen molar-refractivity contribution in [1.82, 2.24) is 15.5 Å². The number of benzene rings is 1. The van der Waals surface area contributed by atoms with Crippen LogP contribution in [0.3, 0.4) is 0 Å². The van der Waals surface area contributed by atoms with Gasteiger partial charge in [-0.05, 0) is 45.1 Å². The second kappa shape index (κ2) is 12.6. The fourth-order valence-electron chi connectivity index (χ4n) is 2.00. The lowest BCUT2D eigenvalue weighted by Gasteiger charge is -2.15. The Hall–Kier alpha value is -1.79. The van der Waals surface area contributed by atoms with Crippen molar-refractivity contribution in [2.45, 2.75) is 19.9 Å². The summed E-state index contributed by atoms with van der Waals surface area (Å²) in [5.41, 5.74) is 1.15. The predicted octanol–water partition coefficient (Wildman–Crippen LogP) is 1.72. The maximum Gasteiger partial charge on any atom is 0.191 e. The molecule has 0 heterocycles. The lowest BCUT2D eigenvalue weighted by atomic mass is 10.2. The molecule has 0 radical (unpaired) electrons. The smallest absolute Gasteiger partial charge is 0.191 e. The highest BCUT2D eigenvalue weighted by Gasteiger charge is 2.00. The SMILES string of the molecule is CCOCCCNC(=NCc1ccc(OC)cc1)NCCN(C)C. The number of hydrogen-bond acceptors (Lipinski definition) is 4. The molecular formula is C18H32N4O2. The average Bonchev–Trinajstić information content (AvgIpc) is 2.59. The van der Waals surface area contributed by atoms with Gasteiger partial charge in [-0.1, -0.05) is 12.1 Å². The molecule has 2 N–H and O–H groups in total. The molecule has 1 rings (SSSR count). The molecule has 0 aliphatic carbocycles. The third-order valence-corrected chi connectivity index (χ3v) is 3.39. The number of nitrogens with one attached hydrogen (secondary N) is 2. The minimum Gasteiger partial charge on any atom is -0.497 e. The van der Waals surface area contributed by atoms with E-state index in [4.69, 9.17) is 9.47 Å². The number of methoxy groups -OCH3 is 1. The summed E-state index contributed by atoms with van der Waals surface area (Å²) in [6.07, 6.45) is 0.963. The van der Waals surface area contributed by atoms with Crippen molar-refractivity contribution in [3.05, 3.63) is 29.8 Å². The number of rotatable bonds is 11. The number of guanidine groups is 1. The fraction of sp³-hybridized carbons (Fsp3) is 0.611. The van der Waals surface area contributed by atoms with E-state index in [1.165, 1.54) is 0 Å². The number of aliphatic imine (C=N–C) groups is 1. The predicted molar refractivity (Wildman–Crippen MR) is 99.8 cm³/mol.